The van der Waals surface area contributed by atoms with E-state index in [4.69, 9.17) is 0 Å². The molecule has 1 aliphatic rings. The van der Waals surface area contributed by atoms with Crippen molar-refractivity contribution in [3.63, 3.8) is 0 Å². The van der Waals surface area contributed by atoms with Gasteiger partial charge in [-0.1, -0.05) is 47.0 Å². The lowest BCUT2D eigenvalue weighted by Crippen LogP contribution is -2.34. The Kier molecular flexibility index (Phi) is 4.36. The van der Waals surface area contributed by atoms with E-state index in [2.05, 4.69) is 27.7 Å². The minimum atomic E-state index is 0.173. The zero-order chi connectivity index (χ0) is 11.5. The molecule has 0 unspecified atom stereocenters. The van der Waals surface area contributed by atoms with E-state index in [0.29, 0.717) is 17.6 Å². The maximum Gasteiger partial charge on any atom is 0.136 e. The van der Waals surface area contributed by atoms with Crippen molar-refractivity contribution in [2.45, 2.75) is 66.2 Å². The zero-order valence-electron chi connectivity index (χ0n) is 10.8. The van der Waals surface area contributed by atoms with Gasteiger partial charge >= 0.3 is 0 Å². The molecule has 88 valence electrons. The third-order valence-corrected chi connectivity index (χ3v) is 3.75. The Morgan fingerprint density at radius 3 is 2.40 bits per heavy atom. The SMILES string of the molecule is CCCC[C@H]1CC[C@@H](C(C)(C)C)C(=O)C1. The molecule has 0 heterocycles. The molecule has 0 N–H and O–H groups in total. The number of unbranched alkanes of at least 4 members (excludes halogenated alkanes) is 1. The van der Waals surface area contributed by atoms with E-state index >= 15 is 0 Å². The zero-order valence-corrected chi connectivity index (χ0v) is 10.8. The highest BCUT2D eigenvalue weighted by atomic mass is 16.1. The van der Waals surface area contributed by atoms with Crippen molar-refractivity contribution in [2.24, 2.45) is 17.3 Å². The molecule has 1 rings (SSSR count). The third kappa shape index (κ3) is 3.62. The fourth-order valence-electron chi connectivity index (χ4n) is 2.75. The van der Waals surface area contributed by atoms with Crippen molar-refractivity contribution < 1.29 is 4.79 Å². The molecule has 0 spiro atoms. The predicted molar refractivity (Wildman–Crippen MR) is 64.8 cm³/mol. The summed E-state index contributed by atoms with van der Waals surface area (Å²) in [6, 6.07) is 0. The van der Waals surface area contributed by atoms with E-state index in [1.165, 1.54) is 25.7 Å². The number of rotatable bonds is 3. The quantitative estimate of drug-likeness (QED) is 0.682. The molecule has 0 aromatic carbocycles. The minimum Gasteiger partial charge on any atom is -0.299 e. The van der Waals surface area contributed by atoms with Gasteiger partial charge in [0.2, 0.25) is 0 Å². The summed E-state index contributed by atoms with van der Waals surface area (Å²) in [5.41, 5.74) is 0.173. The lowest BCUT2D eigenvalue weighted by atomic mass is 9.68. The normalized spacial score (nSPS) is 28.1. The van der Waals surface area contributed by atoms with Crippen LogP contribution in [0.2, 0.25) is 0 Å². The van der Waals surface area contributed by atoms with Crippen LogP contribution in [0.4, 0.5) is 0 Å². The Balaban J connectivity index is 2.45. The number of carbonyl (C=O) groups is 1. The van der Waals surface area contributed by atoms with Crippen molar-refractivity contribution in [3.8, 4) is 0 Å². The molecule has 1 heteroatoms. The fraction of sp³-hybridized carbons (Fsp3) is 0.929. The van der Waals surface area contributed by atoms with Crippen molar-refractivity contribution in [1.29, 1.82) is 0 Å². The number of Topliss-reactive ketones (excluding diaryl/α,β-unsaturated/α-hetero) is 1. The molecule has 0 bridgehead atoms. The van der Waals surface area contributed by atoms with Crippen LogP contribution in [0.5, 0.6) is 0 Å². The third-order valence-electron chi connectivity index (χ3n) is 3.75. The van der Waals surface area contributed by atoms with Gasteiger partial charge in [0.05, 0.1) is 0 Å². The molecule has 1 aliphatic carbocycles. The van der Waals surface area contributed by atoms with Gasteiger partial charge in [-0.2, -0.15) is 0 Å². The molecule has 1 fully saturated rings. The van der Waals surface area contributed by atoms with Crippen LogP contribution in [-0.4, -0.2) is 5.78 Å². The van der Waals surface area contributed by atoms with Crippen LogP contribution in [0.15, 0.2) is 0 Å². The summed E-state index contributed by atoms with van der Waals surface area (Å²) in [7, 11) is 0. The molecular weight excluding hydrogens is 184 g/mol. The first kappa shape index (κ1) is 12.7. The maximum atomic E-state index is 12.0. The van der Waals surface area contributed by atoms with Gasteiger partial charge < -0.3 is 0 Å². The molecular formula is C14H26O. The first-order valence-corrected chi connectivity index (χ1v) is 6.48. The summed E-state index contributed by atoms with van der Waals surface area (Å²) < 4.78 is 0. The van der Waals surface area contributed by atoms with E-state index in [-0.39, 0.29) is 5.41 Å². The molecule has 0 aromatic rings. The summed E-state index contributed by atoms with van der Waals surface area (Å²) in [6.45, 7) is 8.81. The van der Waals surface area contributed by atoms with Crippen LogP contribution in [-0.2, 0) is 4.79 Å². The number of ketones is 1. The first-order valence-electron chi connectivity index (χ1n) is 6.48. The number of carbonyl (C=O) groups excluding carboxylic acids is 1. The lowest BCUT2D eigenvalue weighted by Gasteiger charge is -2.35. The van der Waals surface area contributed by atoms with Crippen molar-refractivity contribution in [1.82, 2.24) is 0 Å². The summed E-state index contributed by atoms with van der Waals surface area (Å²) in [5.74, 6) is 1.53. The summed E-state index contributed by atoms with van der Waals surface area (Å²) in [6.07, 6.45) is 7.05. The Hall–Kier alpha value is -0.330. The van der Waals surface area contributed by atoms with Gasteiger partial charge in [-0.15, -0.1) is 0 Å². The van der Waals surface area contributed by atoms with Crippen molar-refractivity contribution in [2.75, 3.05) is 0 Å². The van der Waals surface area contributed by atoms with Crippen molar-refractivity contribution in [3.05, 3.63) is 0 Å². The van der Waals surface area contributed by atoms with Gasteiger partial charge in [-0.05, 0) is 24.2 Å². The molecule has 2 atom stereocenters. The molecule has 15 heavy (non-hydrogen) atoms. The highest BCUT2D eigenvalue weighted by molar-refractivity contribution is 5.82. The second kappa shape index (κ2) is 5.14. The summed E-state index contributed by atoms with van der Waals surface area (Å²) >= 11 is 0. The molecule has 0 radical (unpaired) electrons. The number of hydrogen-bond donors (Lipinski definition) is 0. The molecule has 0 aliphatic heterocycles. The van der Waals surface area contributed by atoms with E-state index in [1.807, 2.05) is 0 Å². The smallest absolute Gasteiger partial charge is 0.136 e. The van der Waals surface area contributed by atoms with Gasteiger partial charge in [0.15, 0.2) is 0 Å². The highest BCUT2D eigenvalue weighted by Gasteiger charge is 2.35. The predicted octanol–water partition coefficient (Wildman–Crippen LogP) is 4.21. The van der Waals surface area contributed by atoms with E-state index in [0.717, 1.165) is 12.8 Å². The van der Waals surface area contributed by atoms with E-state index < -0.39 is 0 Å². The Labute approximate surface area is 94.6 Å². The second-order valence-corrected chi connectivity index (χ2v) is 6.17. The van der Waals surface area contributed by atoms with Crippen LogP contribution in [0.3, 0.4) is 0 Å². The van der Waals surface area contributed by atoms with Crippen LogP contribution in [0.25, 0.3) is 0 Å². The summed E-state index contributed by atoms with van der Waals surface area (Å²) in [4.78, 5) is 12.0. The molecule has 1 saturated carbocycles. The monoisotopic (exact) mass is 210 g/mol. The fourth-order valence-corrected chi connectivity index (χ4v) is 2.75. The Morgan fingerprint density at radius 1 is 1.27 bits per heavy atom. The Morgan fingerprint density at radius 2 is 1.93 bits per heavy atom. The van der Waals surface area contributed by atoms with Crippen LogP contribution >= 0.6 is 0 Å². The average molecular weight is 210 g/mol. The molecule has 0 aromatic heterocycles. The average Bonchev–Trinajstić information content (AvgIpc) is 2.12. The largest absolute Gasteiger partial charge is 0.299 e. The summed E-state index contributed by atoms with van der Waals surface area (Å²) in [5, 5.41) is 0. The first-order chi connectivity index (χ1) is 6.95. The Bertz CT molecular complexity index is 212. The van der Waals surface area contributed by atoms with E-state index in [9.17, 15) is 4.79 Å². The van der Waals surface area contributed by atoms with Crippen LogP contribution in [0.1, 0.15) is 66.2 Å². The minimum absolute atomic E-state index is 0.173. The lowest BCUT2D eigenvalue weighted by molar-refractivity contribution is -0.129. The second-order valence-electron chi connectivity index (χ2n) is 6.17. The van der Waals surface area contributed by atoms with Gasteiger partial charge in [0, 0.05) is 12.3 Å². The molecule has 1 nitrogen and oxygen atoms in total. The molecule has 0 amide bonds. The topological polar surface area (TPSA) is 17.1 Å². The number of hydrogen-bond acceptors (Lipinski definition) is 1. The van der Waals surface area contributed by atoms with Crippen LogP contribution < -0.4 is 0 Å². The van der Waals surface area contributed by atoms with Gasteiger partial charge in [0.25, 0.3) is 0 Å². The van der Waals surface area contributed by atoms with Crippen LogP contribution in [0, 0.1) is 17.3 Å². The van der Waals surface area contributed by atoms with Crippen molar-refractivity contribution >= 4 is 5.78 Å². The van der Waals surface area contributed by atoms with Gasteiger partial charge in [-0.25, -0.2) is 0 Å². The molecule has 0 saturated heterocycles. The highest BCUT2D eigenvalue weighted by Crippen LogP contribution is 2.38. The van der Waals surface area contributed by atoms with E-state index in [1.54, 1.807) is 0 Å². The van der Waals surface area contributed by atoms with Gasteiger partial charge in [0.1, 0.15) is 5.78 Å². The van der Waals surface area contributed by atoms with Gasteiger partial charge in [-0.3, -0.25) is 4.79 Å². The standard InChI is InChI=1S/C14H26O/c1-5-6-7-11-8-9-12(13(15)10-11)14(2,3)4/h11-12H,5-10H2,1-4H3/t11-,12+/m0/s1. The maximum absolute atomic E-state index is 12.0.